The van der Waals surface area contributed by atoms with Gasteiger partial charge < -0.3 is 0 Å². The Labute approximate surface area is 103 Å². The predicted molar refractivity (Wildman–Crippen MR) is 68.7 cm³/mol. The Morgan fingerprint density at radius 2 is 1.81 bits per heavy atom. The molecule has 7 heteroatoms. The summed E-state index contributed by atoms with van der Waals surface area (Å²) in [5.74, 6) is 1.10. The second-order valence-corrected chi connectivity index (χ2v) is 7.44. The number of nitrogens with two attached hydrogens (primary N) is 1. The predicted octanol–water partition coefficient (Wildman–Crippen LogP) is -0.0509. The number of nitrogens with zero attached hydrogens (tertiary/aromatic N) is 2. The van der Waals surface area contributed by atoms with Crippen molar-refractivity contribution < 1.29 is 8.42 Å². The number of rotatable bonds is 5. The molecule has 0 spiro atoms. The quantitative estimate of drug-likeness (QED) is 0.758. The third kappa shape index (κ3) is 5.01. The van der Waals surface area contributed by atoms with E-state index in [-0.39, 0.29) is 0 Å². The van der Waals surface area contributed by atoms with Gasteiger partial charge in [-0.2, -0.15) is 24.5 Å². The zero-order valence-corrected chi connectivity index (χ0v) is 11.6. The lowest BCUT2D eigenvalue weighted by molar-refractivity contribution is 0.198. The van der Waals surface area contributed by atoms with Crippen molar-refractivity contribution in [1.82, 2.24) is 9.21 Å². The molecule has 1 rings (SSSR count). The van der Waals surface area contributed by atoms with Crippen LogP contribution in [0, 0.1) is 0 Å². The molecule has 0 saturated carbocycles. The molecule has 1 aliphatic rings. The zero-order valence-electron chi connectivity index (χ0n) is 9.92. The van der Waals surface area contributed by atoms with Gasteiger partial charge in [0.15, 0.2) is 0 Å². The van der Waals surface area contributed by atoms with Crippen molar-refractivity contribution >= 4 is 22.0 Å². The molecule has 0 aromatic rings. The largest absolute Gasteiger partial charge is 0.300 e. The van der Waals surface area contributed by atoms with E-state index >= 15 is 0 Å². The Kier molecular flexibility index (Phi) is 5.52. The first-order valence-corrected chi connectivity index (χ1v) is 8.06. The molecule has 1 saturated heterocycles. The van der Waals surface area contributed by atoms with E-state index in [1.807, 2.05) is 11.8 Å². The minimum atomic E-state index is -3.48. The van der Waals surface area contributed by atoms with E-state index in [2.05, 4.69) is 18.7 Å². The third-order valence-electron chi connectivity index (χ3n) is 2.55. The van der Waals surface area contributed by atoms with Crippen molar-refractivity contribution in [2.24, 2.45) is 5.14 Å². The maximum atomic E-state index is 11.1. The van der Waals surface area contributed by atoms with Gasteiger partial charge in [-0.3, -0.25) is 4.90 Å². The first kappa shape index (κ1) is 14.2. The molecule has 1 heterocycles. The molecule has 96 valence electrons. The lowest BCUT2D eigenvalue weighted by Gasteiger charge is -2.32. The van der Waals surface area contributed by atoms with E-state index < -0.39 is 10.2 Å². The van der Waals surface area contributed by atoms with E-state index in [9.17, 15) is 8.42 Å². The van der Waals surface area contributed by atoms with Crippen LogP contribution in [0.1, 0.15) is 13.8 Å². The van der Waals surface area contributed by atoms with Crippen LogP contribution in [0.5, 0.6) is 0 Å². The summed E-state index contributed by atoms with van der Waals surface area (Å²) in [6.07, 6.45) is 0. The summed E-state index contributed by atoms with van der Waals surface area (Å²) in [5, 5.41) is 5.73. The van der Waals surface area contributed by atoms with Gasteiger partial charge in [0.1, 0.15) is 0 Å². The molecule has 0 aromatic carbocycles. The van der Waals surface area contributed by atoms with Crippen molar-refractivity contribution in [3.8, 4) is 0 Å². The molecule has 0 aromatic heterocycles. The second-order valence-electron chi connectivity index (χ2n) is 4.21. The third-order valence-corrected chi connectivity index (χ3v) is 4.72. The molecule has 1 aliphatic heterocycles. The van der Waals surface area contributed by atoms with Crippen molar-refractivity contribution in [2.45, 2.75) is 19.1 Å². The standard InChI is InChI=1S/C9H21N3O2S2/c1-9(2)15-8-7-11-3-5-12(6-4-11)16(10,13)14/h9H,3-8H2,1-2H3,(H2,10,13,14). The number of piperazine rings is 1. The molecule has 0 radical (unpaired) electrons. The van der Waals surface area contributed by atoms with Gasteiger partial charge in [-0.25, -0.2) is 5.14 Å². The summed E-state index contributed by atoms with van der Waals surface area (Å²) >= 11 is 1.93. The summed E-state index contributed by atoms with van der Waals surface area (Å²) in [6, 6.07) is 0. The molecule has 0 amide bonds. The minimum absolute atomic E-state index is 0.519. The lowest BCUT2D eigenvalue weighted by Crippen LogP contribution is -2.51. The fourth-order valence-corrected chi connectivity index (χ4v) is 3.13. The maximum absolute atomic E-state index is 11.1. The van der Waals surface area contributed by atoms with Gasteiger partial charge in [-0.05, 0) is 5.25 Å². The Hall–Kier alpha value is 0.180. The van der Waals surface area contributed by atoms with Crippen LogP contribution in [-0.2, 0) is 10.2 Å². The van der Waals surface area contributed by atoms with Gasteiger partial charge in [0.2, 0.25) is 0 Å². The highest BCUT2D eigenvalue weighted by molar-refractivity contribution is 7.99. The smallest absolute Gasteiger partial charge is 0.276 e. The van der Waals surface area contributed by atoms with Crippen LogP contribution in [0.15, 0.2) is 0 Å². The fourth-order valence-electron chi connectivity index (χ4n) is 1.63. The SMILES string of the molecule is CC(C)SCCN1CCN(S(N)(=O)=O)CC1. The average molecular weight is 267 g/mol. The highest BCUT2D eigenvalue weighted by Gasteiger charge is 2.23. The molecule has 0 bridgehead atoms. The second kappa shape index (κ2) is 6.20. The van der Waals surface area contributed by atoms with Crippen LogP contribution in [0.25, 0.3) is 0 Å². The lowest BCUT2D eigenvalue weighted by atomic mass is 10.4. The summed E-state index contributed by atoms with van der Waals surface area (Å²) in [6.45, 7) is 8.01. The highest BCUT2D eigenvalue weighted by atomic mass is 32.2. The van der Waals surface area contributed by atoms with Crippen LogP contribution < -0.4 is 5.14 Å². The summed E-state index contributed by atoms with van der Waals surface area (Å²) in [4.78, 5) is 2.29. The van der Waals surface area contributed by atoms with Crippen LogP contribution in [0.2, 0.25) is 0 Å². The van der Waals surface area contributed by atoms with Gasteiger partial charge in [0.05, 0.1) is 0 Å². The maximum Gasteiger partial charge on any atom is 0.276 e. The van der Waals surface area contributed by atoms with Crippen LogP contribution in [-0.4, -0.2) is 61.3 Å². The van der Waals surface area contributed by atoms with Crippen LogP contribution in [0.3, 0.4) is 0 Å². The van der Waals surface area contributed by atoms with Crippen LogP contribution in [0.4, 0.5) is 0 Å². The van der Waals surface area contributed by atoms with Gasteiger partial charge in [-0.1, -0.05) is 13.8 Å². The molecule has 2 N–H and O–H groups in total. The van der Waals surface area contributed by atoms with Gasteiger partial charge in [-0.15, -0.1) is 0 Å². The van der Waals surface area contributed by atoms with E-state index in [1.165, 1.54) is 4.31 Å². The first-order chi connectivity index (χ1) is 7.39. The summed E-state index contributed by atoms with van der Waals surface area (Å²) in [5.41, 5.74) is 0. The summed E-state index contributed by atoms with van der Waals surface area (Å²) < 4.78 is 23.5. The van der Waals surface area contributed by atoms with Gasteiger partial charge in [0.25, 0.3) is 10.2 Å². The van der Waals surface area contributed by atoms with E-state index in [0.29, 0.717) is 18.3 Å². The first-order valence-electron chi connectivity index (χ1n) is 5.51. The Bertz CT molecular complexity index is 298. The van der Waals surface area contributed by atoms with E-state index in [4.69, 9.17) is 5.14 Å². The molecule has 16 heavy (non-hydrogen) atoms. The molecule has 1 fully saturated rings. The van der Waals surface area contributed by atoms with Crippen molar-refractivity contribution in [2.75, 3.05) is 38.5 Å². The Morgan fingerprint density at radius 1 is 1.25 bits per heavy atom. The van der Waals surface area contributed by atoms with E-state index in [0.717, 1.165) is 25.4 Å². The fraction of sp³-hybridized carbons (Fsp3) is 1.00. The van der Waals surface area contributed by atoms with Crippen molar-refractivity contribution in [1.29, 1.82) is 0 Å². The van der Waals surface area contributed by atoms with E-state index in [1.54, 1.807) is 0 Å². The average Bonchev–Trinajstić information content (AvgIpc) is 2.16. The molecule has 0 unspecified atom stereocenters. The topological polar surface area (TPSA) is 66.6 Å². The van der Waals surface area contributed by atoms with Crippen LogP contribution >= 0.6 is 11.8 Å². The van der Waals surface area contributed by atoms with Gasteiger partial charge in [0, 0.05) is 38.5 Å². The number of thioether (sulfide) groups is 1. The Morgan fingerprint density at radius 3 is 2.25 bits per heavy atom. The van der Waals surface area contributed by atoms with Gasteiger partial charge >= 0.3 is 0 Å². The molecule has 0 atom stereocenters. The van der Waals surface area contributed by atoms with Crippen molar-refractivity contribution in [3.05, 3.63) is 0 Å². The van der Waals surface area contributed by atoms with Crippen molar-refractivity contribution in [3.63, 3.8) is 0 Å². The molecular formula is C9H21N3O2S2. The Balaban J connectivity index is 2.22. The molecule has 5 nitrogen and oxygen atoms in total. The minimum Gasteiger partial charge on any atom is -0.300 e. The number of hydrogen-bond acceptors (Lipinski definition) is 4. The molecule has 0 aliphatic carbocycles. The zero-order chi connectivity index (χ0) is 12.2. The highest BCUT2D eigenvalue weighted by Crippen LogP contribution is 2.10. The molecular weight excluding hydrogens is 246 g/mol. The monoisotopic (exact) mass is 267 g/mol. The summed E-state index contributed by atoms with van der Waals surface area (Å²) in [7, 11) is -3.48. The normalized spacial score (nSPS) is 20.5. The number of hydrogen-bond donors (Lipinski definition) is 1.